The molecule has 104 valence electrons. The van der Waals surface area contributed by atoms with Crippen molar-refractivity contribution in [3.05, 3.63) is 29.8 Å². The van der Waals surface area contributed by atoms with E-state index in [1.165, 1.54) is 0 Å². The predicted molar refractivity (Wildman–Crippen MR) is 71.8 cm³/mol. The van der Waals surface area contributed by atoms with Crippen molar-refractivity contribution in [2.75, 3.05) is 11.2 Å². The maximum absolute atomic E-state index is 13.0. The summed E-state index contributed by atoms with van der Waals surface area (Å²) in [6.45, 7) is 0. The van der Waals surface area contributed by atoms with Gasteiger partial charge in [-0.15, -0.1) is 11.6 Å². The van der Waals surface area contributed by atoms with Crippen LogP contribution in [0.4, 0.5) is 14.5 Å². The van der Waals surface area contributed by atoms with Gasteiger partial charge in [-0.25, -0.2) is 8.78 Å². The molecular formula is C14H16ClF2NO. The van der Waals surface area contributed by atoms with Crippen molar-refractivity contribution in [2.24, 2.45) is 5.92 Å². The molecule has 19 heavy (non-hydrogen) atoms. The summed E-state index contributed by atoms with van der Waals surface area (Å²) in [5.74, 6) is -3.05. The number of hydrogen-bond acceptors (Lipinski definition) is 1. The molecule has 0 bridgehead atoms. The van der Waals surface area contributed by atoms with E-state index in [4.69, 9.17) is 11.6 Å². The number of alkyl halides is 3. The number of benzene rings is 1. The molecule has 1 aliphatic carbocycles. The molecule has 1 aromatic rings. The highest BCUT2D eigenvalue weighted by Gasteiger charge is 2.42. The van der Waals surface area contributed by atoms with Gasteiger partial charge in [-0.1, -0.05) is 12.1 Å². The van der Waals surface area contributed by atoms with E-state index in [9.17, 15) is 13.6 Å². The molecule has 0 heterocycles. The van der Waals surface area contributed by atoms with Gasteiger partial charge >= 0.3 is 0 Å². The van der Waals surface area contributed by atoms with Crippen LogP contribution in [-0.4, -0.2) is 17.7 Å². The molecule has 5 heteroatoms. The molecule has 1 atom stereocenters. The van der Waals surface area contributed by atoms with Gasteiger partial charge in [-0.05, 0) is 30.5 Å². The Hall–Kier alpha value is -1.16. The third-order valence-corrected chi connectivity index (χ3v) is 3.57. The minimum Gasteiger partial charge on any atom is -0.326 e. The fourth-order valence-electron chi connectivity index (χ4n) is 2.28. The number of aryl methyl sites for hydroxylation is 1. The van der Waals surface area contributed by atoms with Crippen LogP contribution in [0.1, 0.15) is 24.8 Å². The lowest BCUT2D eigenvalue weighted by Crippen LogP contribution is -2.22. The quantitative estimate of drug-likeness (QED) is 0.838. The van der Waals surface area contributed by atoms with Gasteiger partial charge in [0.05, 0.1) is 0 Å². The van der Waals surface area contributed by atoms with E-state index < -0.39 is 11.8 Å². The number of nitrogens with one attached hydrogen (secondary N) is 1. The monoisotopic (exact) mass is 287 g/mol. The Bertz CT molecular complexity index is 447. The van der Waals surface area contributed by atoms with Gasteiger partial charge in [0.15, 0.2) is 0 Å². The third-order valence-electron chi connectivity index (χ3n) is 3.38. The number of carbonyl (C=O) groups excluding carboxylic acids is 1. The number of amides is 1. The van der Waals surface area contributed by atoms with Crippen molar-refractivity contribution in [3.8, 4) is 0 Å². The van der Waals surface area contributed by atoms with Gasteiger partial charge in [-0.3, -0.25) is 4.79 Å². The van der Waals surface area contributed by atoms with E-state index in [1.807, 2.05) is 12.1 Å². The highest BCUT2D eigenvalue weighted by molar-refractivity contribution is 6.17. The van der Waals surface area contributed by atoms with E-state index in [0.29, 0.717) is 11.6 Å². The van der Waals surface area contributed by atoms with Crippen LogP contribution in [0.2, 0.25) is 0 Å². The number of anilines is 1. The lowest BCUT2D eigenvalue weighted by Gasteiger charge is -2.11. The minimum atomic E-state index is -2.69. The molecule has 1 fully saturated rings. The van der Waals surface area contributed by atoms with Crippen LogP contribution in [0.5, 0.6) is 0 Å². The van der Waals surface area contributed by atoms with Crippen molar-refractivity contribution in [2.45, 2.75) is 31.6 Å². The van der Waals surface area contributed by atoms with Crippen LogP contribution in [0.15, 0.2) is 24.3 Å². The molecule has 0 spiro atoms. The van der Waals surface area contributed by atoms with E-state index >= 15 is 0 Å². The predicted octanol–water partition coefficient (Wildman–Crippen LogP) is 3.84. The average Bonchev–Trinajstić information content (AvgIpc) is 2.73. The summed E-state index contributed by atoms with van der Waals surface area (Å²) >= 11 is 5.63. The second kappa shape index (κ2) is 5.87. The van der Waals surface area contributed by atoms with Gasteiger partial charge in [0, 0.05) is 30.3 Å². The number of rotatable bonds is 4. The average molecular weight is 288 g/mol. The summed E-state index contributed by atoms with van der Waals surface area (Å²) in [6, 6.07) is 7.29. The molecule has 1 N–H and O–H groups in total. The molecule has 0 saturated heterocycles. The summed E-state index contributed by atoms with van der Waals surface area (Å²) in [5, 5.41) is 2.69. The van der Waals surface area contributed by atoms with E-state index in [1.54, 1.807) is 12.1 Å². The van der Waals surface area contributed by atoms with Crippen LogP contribution < -0.4 is 5.32 Å². The largest absolute Gasteiger partial charge is 0.326 e. The zero-order valence-electron chi connectivity index (χ0n) is 10.5. The Labute approximate surface area is 116 Å². The first kappa shape index (κ1) is 14.3. The van der Waals surface area contributed by atoms with Crippen molar-refractivity contribution in [3.63, 3.8) is 0 Å². The highest BCUT2D eigenvalue weighted by Crippen LogP contribution is 2.39. The normalized spacial score (nSPS) is 21.3. The van der Waals surface area contributed by atoms with Crippen LogP contribution >= 0.6 is 11.6 Å². The Kier molecular flexibility index (Phi) is 4.40. The maximum Gasteiger partial charge on any atom is 0.248 e. The Balaban J connectivity index is 1.92. The van der Waals surface area contributed by atoms with Crippen molar-refractivity contribution in [1.29, 1.82) is 0 Å². The molecule has 2 nitrogen and oxygen atoms in total. The van der Waals surface area contributed by atoms with E-state index in [2.05, 4.69) is 5.32 Å². The summed E-state index contributed by atoms with van der Waals surface area (Å²) in [5.41, 5.74) is 1.72. The van der Waals surface area contributed by atoms with E-state index in [0.717, 1.165) is 12.0 Å². The third kappa shape index (κ3) is 3.90. The molecule has 1 amide bonds. The second-order valence-electron chi connectivity index (χ2n) is 4.92. The first-order valence-corrected chi connectivity index (χ1v) is 6.87. The fraction of sp³-hybridized carbons (Fsp3) is 0.500. The van der Waals surface area contributed by atoms with Gasteiger partial charge in [0.2, 0.25) is 11.8 Å². The Morgan fingerprint density at radius 2 is 2.05 bits per heavy atom. The first-order valence-electron chi connectivity index (χ1n) is 6.34. The van der Waals surface area contributed by atoms with Crippen LogP contribution in [-0.2, 0) is 11.2 Å². The summed E-state index contributed by atoms with van der Waals surface area (Å²) < 4.78 is 26.1. The van der Waals surface area contributed by atoms with Crippen LogP contribution in [0, 0.1) is 5.92 Å². The molecular weight excluding hydrogens is 272 g/mol. The van der Waals surface area contributed by atoms with Crippen LogP contribution in [0.3, 0.4) is 0 Å². The lowest BCUT2D eigenvalue weighted by atomic mass is 10.1. The summed E-state index contributed by atoms with van der Waals surface area (Å²) in [4.78, 5) is 11.8. The number of halogens is 3. The summed E-state index contributed by atoms with van der Waals surface area (Å²) in [6.07, 6.45) is 0.483. The first-order chi connectivity index (χ1) is 9.00. The smallest absolute Gasteiger partial charge is 0.248 e. The SMILES string of the molecule is O=C(Nc1ccc(CCCl)cc1)C1CCC(F)(F)C1. The van der Waals surface area contributed by atoms with Gasteiger partial charge in [0.1, 0.15) is 0 Å². The molecule has 0 radical (unpaired) electrons. The van der Waals surface area contributed by atoms with Gasteiger partial charge in [0.25, 0.3) is 0 Å². The standard InChI is InChI=1S/C14H16ClF2NO/c15-8-6-10-1-3-12(4-2-10)18-13(19)11-5-7-14(16,17)9-11/h1-4,11H,5-9H2,(H,18,19). The number of hydrogen-bond donors (Lipinski definition) is 1. The van der Waals surface area contributed by atoms with Crippen molar-refractivity contribution >= 4 is 23.2 Å². The van der Waals surface area contributed by atoms with E-state index in [-0.39, 0.29) is 25.2 Å². The fourth-order valence-corrected chi connectivity index (χ4v) is 2.50. The molecule has 1 aromatic carbocycles. The Morgan fingerprint density at radius 1 is 1.37 bits per heavy atom. The molecule has 1 aliphatic rings. The molecule has 2 rings (SSSR count). The Morgan fingerprint density at radius 3 is 2.58 bits per heavy atom. The zero-order valence-corrected chi connectivity index (χ0v) is 11.2. The minimum absolute atomic E-state index is 0.195. The number of carbonyl (C=O) groups is 1. The molecule has 1 unspecified atom stereocenters. The topological polar surface area (TPSA) is 29.1 Å². The molecule has 0 aromatic heterocycles. The molecule has 1 saturated carbocycles. The van der Waals surface area contributed by atoms with Crippen LogP contribution in [0.25, 0.3) is 0 Å². The zero-order chi connectivity index (χ0) is 13.9. The highest BCUT2D eigenvalue weighted by atomic mass is 35.5. The maximum atomic E-state index is 13.0. The summed E-state index contributed by atoms with van der Waals surface area (Å²) in [7, 11) is 0. The van der Waals surface area contributed by atoms with Crippen molar-refractivity contribution < 1.29 is 13.6 Å². The second-order valence-corrected chi connectivity index (χ2v) is 5.30. The lowest BCUT2D eigenvalue weighted by molar-refractivity contribution is -0.120. The molecule has 0 aliphatic heterocycles. The van der Waals surface area contributed by atoms with Crippen molar-refractivity contribution in [1.82, 2.24) is 0 Å². The van der Waals surface area contributed by atoms with Gasteiger partial charge in [-0.2, -0.15) is 0 Å². The van der Waals surface area contributed by atoms with Gasteiger partial charge < -0.3 is 5.32 Å².